The molecule has 6 rings (SSSR count). The van der Waals surface area contributed by atoms with Gasteiger partial charge >= 0.3 is 0 Å². The van der Waals surface area contributed by atoms with Crippen LogP contribution in [-0.2, 0) is 11.3 Å². The molecule has 2 N–H and O–H groups in total. The van der Waals surface area contributed by atoms with Gasteiger partial charge in [-0.3, -0.25) is 14.6 Å². The Hall–Kier alpha value is -3.79. The summed E-state index contributed by atoms with van der Waals surface area (Å²) in [6.07, 6.45) is 5.73. The van der Waals surface area contributed by atoms with E-state index in [1.54, 1.807) is 19.2 Å². The van der Waals surface area contributed by atoms with E-state index in [-0.39, 0.29) is 29.8 Å². The van der Waals surface area contributed by atoms with E-state index < -0.39 is 5.66 Å². The van der Waals surface area contributed by atoms with Gasteiger partial charge in [0.2, 0.25) is 0 Å². The monoisotopic (exact) mass is 603 g/mol. The molecule has 1 spiro atoms. The minimum absolute atomic E-state index is 0.0609. The number of ether oxygens (including phenoxy) is 1. The van der Waals surface area contributed by atoms with Crippen molar-refractivity contribution in [2.75, 3.05) is 7.11 Å². The van der Waals surface area contributed by atoms with Crippen LogP contribution < -0.4 is 10.1 Å². The number of methoxy groups -OCH3 is 1. The van der Waals surface area contributed by atoms with Gasteiger partial charge in [-0.05, 0) is 91.7 Å². The van der Waals surface area contributed by atoms with Crippen LogP contribution in [0.1, 0.15) is 92.6 Å². The van der Waals surface area contributed by atoms with Gasteiger partial charge in [0.25, 0.3) is 11.8 Å². The Kier molecular flexibility index (Phi) is 7.75. The standard InChI is InChI=1S/C32H38ClN7O3/c1-31(2,3)23-13-15-32(16-14-23)35-27(22-11-12-25(43-4)24(33)17-22)30(42)40(32)28(19-5-6-19)20-7-9-21(10-8-20)29(41)34-18-26-36-38-39-37-26/h7-12,17,19,23,28H,5-6,13-16,18H2,1-4H3,(H,34,41)(H,36,37,38,39). The molecular weight excluding hydrogens is 566 g/mol. The molecule has 2 aliphatic carbocycles. The summed E-state index contributed by atoms with van der Waals surface area (Å²) in [4.78, 5) is 34.7. The minimum Gasteiger partial charge on any atom is -0.495 e. The fraction of sp³-hybridized carbons (Fsp3) is 0.500. The molecule has 1 unspecified atom stereocenters. The number of benzene rings is 2. The molecule has 10 nitrogen and oxygen atoms in total. The number of H-pyrrole nitrogens is 1. The number of aliphatic imine (C=N–C) groups is 1. The van der Waals surface area contributed by atoms with E-state index >= 15 is 0 Å². The summed E-state index contributed by atoms with van der Waals surface area (Å²) in [5, 5.41) is 16.9. The van der Waals surface area contributed by atoms with Crippen LogP contribution in [0.3, 0.4) is 0 Å². The third-order valence-electron chi connectivity index (χ3n) is 9.28. The van der Waals surface area contributed by atoms with Gasteiger partial charge in [0.05, 0.1) is 24.7 Å². The third-order valence-corrected chi connectivity index (χ3v) is 9.58. The number of rotatable bonds is 8. The lowest BCUT2D eigenvalue weighted by Crippen LogP contribution is -2.52. The molecule has 226 valence electrons. The zero-order valence-corrected chi connectivity index (χ0v) is 25.8. The summed E-state index contributed by atoms with van der Waals surface area (Å²) < 4.78 is 5.35. The molecule has 0 radical (unpaired) electrons. The highest BCUT2D eigenvalue weighted by Gasteiger charge is 2.55. The van der Waals surface area contributed by atoms with Crippen molar-refractivity contribution in [1.29, 1.82) is 0 Å². The Morgan fingerprint density at radius 3 is 2.44 bits per heavy atom. The molecule has 1 aliphatic heterocycles. The van der Waals surface area contributed by atoms with Crippen molar-refractivity contribution in [1.82, 2.24) is 30.8 Å². The Morgan fingerprint density at radius 1 is 1.14 bits per heavy atom. The van der Waals surface area contributed by atoms with E-state index in [9.17, 15) is 9.59 Å². The van der Waals surface area contributed by atoms with E-state index in [4.69, 9.17) is 21.3 Å². The molecule has 0 bridgehead atoms. The molecule has 0 saturated heterocycles. The second-order valence-corrected chi connectivity index (χ2v) is 13.4. The van der Waals surface area contributed by atoms with E-state index in [1.165, 1.54) is 0 Å². The van der Waals surface area contributed by atoms with Gasteiger partial charge in [0.15, 0.2) is 5.82 Å². The second kappa shape index (κ2) is 11.4. The van der Waals surface area contributed by atoms with Crippen molar-refractivity contribution in [2.45, 2.75) is 77.5 Å². The van der Waals surface area contributed by atoms with Gasteiger partial charge in [0.1, 0.15) is 17.1 Å². The maximum Gasteiger partial charge on any atom is 0.275 e. The minimum atomic E-state index is -0.617. The summed E-state index contributed by atoms with van der Waals surface area (Å²) in [6, 6.07) is 12.9. The highest BCUT2D eigenvalue weighted by molar-refractivity contribution is 6.47. The average Bonchev–Trinajstić information content (AvgIpc) is 3.62. The fourth-order valence-corrected chi connectivity index (χ4v) is 6.95. The number of nitrogens with zero attached hydrogens (tertiary/aromatic N) is 5. The third kappa shape index (κ3) is 5.77. The molecule has 2 fully saturated rings. The van der Waals surface area contributed by atoms with Crippen molar-refractivity contribution >= 4 is 29.1 Å². The predicted octanol–water partition coefficient (Wildman–Crippen LogP) is 5.51. The molecule has 2 aromatic carbocycles. The molecule has 2 heterocycles. The van der Waals surface area contributed by atoms with Crippen LogP contribution in [0.2, 0.25) is 5.02 Å². The van der Waals surface area contributed by atoms with E-state index in [2.05, 4.69) is 51.6 Å². The maximum absolute atomic E-state index is 14.5. The van der Waals surface area contributed by atoms with Crippen molar-refractivity contribution in [3.05, 3.63) is 70.0 Å². The lowest BCUT2D eigenvalue weighted by atomic mass is 9.69. The number of halogens is 1. The maximum atomic E-state index is 14.5. The number of carbonyl (C=O) groups is 2. The van der Waals surface area contributed by atoms with Crippen LogP contribution >= 0.6 is 11.6 Å². The molecule has 3 aliphatic rings. The number of nitrogens with one attached hydrogen (secondary N) is 2. The Bertz CT molecular complexity index is 1520. The Balaban J connectivity index is 1.32. The first-order chi connectivity index (χ1) is 20.6. The van der Waals surface area contributed by atoms with Crippen LogP contribution in [0.5, 0.6) is 5.75 Å². The summed E-state index contributed by atoms with van der Waals surface area (Å²) in [6.45, 7) is 7.08. The van der Waals surface area contributed by atoms with Crippen molar-refractivity contribution < 1.29 is 14.3 Å². The summed E-state index contributed by atoms with van der Waals surface area (Å²) in [5.74, 6) is 1.59. The van der Waals surface area contributed by atoms with E-state index in [1.807, 2.05) is 30.3 Å². The molecule has 1 aromatic heterocycles. The summed E-state index contributed by atoms with van der Waals surface area (Å²) >= 11 is 6.50. The predicted molar refractivity (Wildman–Crippen MR) is 163 cm³/mol. The van der Waals surface area contributed by atoms with Crippen molar-refractivity contribution in [2.24, 2.45) is 22.2 Å². The number of aromatic amines is 1. The second-order valence-electron chi connectivity index (χ2n) is 13.0. The topological polar surface area (TPSA) is 125 Å². The number of amides is 2. The lowest BCUT2D eigenvalue weighted by molar-refractivity contribution is -0.134. The zero-order valence-electron chi connectivity index (χ0n) is 25.1. The normalized spacial score (nSPS) is 22.9. The van der Waals surface area contributed by atoms with Crippen LogP contribution in [0.25, 0.3) is 0 Å². The van der Waals surface area contributed by atoms with Crippen LogP contribution in [0.4, 0.5) is 0 Å². The molecular formula is C32H38ClN7O3. The lowest BCUT2D eigenvalue weighted by Gasteiger charge is -2.47. The summed E-state index contributed by atoms with van der Waals surface area (Å²) in [5.41, 5.74) is 2.29. The number of hydrogen-bond donors (Lipinski definition) is 2. The quantitative estimate of drug-likeness (QED) is 0.350. The molecule has 2 amide bonds. The molecule has 3 aromatic rings. The van der Waals surface area contributed by atoms with E-state index in [0.29, 0.717) is 45.3 Å². The first-order valence-corrected chi connectivity index (χ1v) is 15.4. The fourth-order valence-electron chi connectivity index (χ4n) is 6.69. The van der Waals surface area contributed by atoms with Gasteiger partial charge in [-0.15, -0.1) is 10.2 Å². The van der Waals surface area contributed by atoms with Crippen LogP contribution in [0.15, 0.2) is 47.5 Å². The molecule has 1 atom stereocenters. The Labute approximate surface area is 256 Å². The van der Waals surface area contributed by atoms with E-state index in [0.717, 1.165) is 44.1 Å². The smallest absolute Gasteiger partial charge is 0.275 e. The van der Waals surface area contributed by atoms with Crippen LogP contribution in [0, 0.1) is 17.3 Å². The SMILES string of the molecule is COc1ccc(C2=NC3(CCC(C(C)(C)C)CC3)N(C(c3ccc(C(=O)NCc4nn[nH]n4)cc3)C3CC3)C2=O)cc1Cl. The molecule has 2 saturated carbocycles. The highest BCUT2D eigenvalue weighted by atomic mass is 35.5. The highest BCUT2D eigenvalue weighted by Crippen LogP contribution is 2.54. The van der Waals surface area contributed by atoms with Gasteiger partial charge in [-0.25, -0.2) is 0 Å². The number of carbonyl (C=O) groups excluding carboxylic acids is 2. The molecule has 11 heteroatoms. The Morgan fingerprint density at radius 2 is 1.86 bits per heavy atom. The first kappa shape index (κ1) is 29.3. The first-order valence-electron chi connectivity index (χ1n) is 15.0. The van der Waals surface area contributed by atoms with Gasteiger partial charge in [-0.2, -0.15) is 5.21 Å². The van der Waals surface area contributed by atoms with Gasteiger partial charge in [-0.1, -0.05) is 49.7 Å². The number of hydrogen-bond acceptors (Lipinski definition) is 7. The van der Waals surface area contributed by atoms with Crippen molar-refractivity contribution in [3.8, 4) is 5.75 Å². The number of aromatic nitrogens is 4. The summed E-state index contributed by atoms with van der Waals surface area (Å²) in [7, 11) is 1.58. The van der Waals surface area contributed by atoms with Crippen molar-refractivity contribution in [3.63, 3.8) is 0 Å². The molecule has 43 heavy (non-hydrogen) atoms. The zero-order chi connectivity index (χ0) is 30.4. The largest absolute Gasteiger partial charge is 0.495 e. The van der Waals surface area contributed by atoms with Gasteiger partial charge < -0.3 is 15.0 Å². The van der Waals surface area contributed by atoms with Crippen LogP contribution in [-0.4, -0.2) is 55.8 Å². The average molecular weight is 604 g/mol. The van der Waals surface area contributed by atoms with Gasteiger partial charge in [0, 0.05) is 11.1 Å². The number of tetrazole rings is 1.